The van der Waals surface area contributed by atoms with E-state index in [9.17, 15) is 13.2 Å². The van der Waals surface area contributed by atoms with Crippen LogP contribution in [-0.4, -0.2) is 29.3 Å². The molecule has 0 saturated heterocycles. The number of carboxylic acid groups (broad SMARTS) is 1. The molecule has 144 valence electrons. The standard InChI is InChI=1S/C18H36O5S.Na/c1-2-3-4-5-6-7-8-9-10-11-12-13-14-15-16-17(18(19)20)24(21,22)23;/h17H,2-16H2,1H3,(H,19,20)(H,21,22,23);/q;+1. The molecule has 0 spiro atoms. The van der Waals surface area contributed by atoms with Crippen LogP contribution in [0.4, 0.5) is 0 Å². The van der Waals surface area contributed by atoms with Crippen LogP contribution in [0.5, 0.6) is 0 Å². The smallest absolute Gasteiger partial charge is 0.480 e. The van der Waals surface area contributed by atoms with Gasteiger partial charge in [-0.3, -0.25) is 9.35 Å². The predicted molar refractivity (Wildman–Crippen MR) is 97.9 cm³/mol. The quantitative estimate of drug-likeness (QED) is 0.227. The third kappa shape index (κ3) is 17.5. The Hall–Kier alpha value is 0.380. The average Bonchev–Trinajstić information content (AvgIpc) is 2.49. The molecule has 5 nitrogen and oxygen atoms in total. The minimum absolute atomic E-state index is 0. The van der Waals surface area contributed by atoms with Gasteiger partial charge in [0.2, 0.25) is 0 Å². The second-order valence-corrected chi connectivity index (χ2v) is 8.33. The molecule has 1 atom stereocenters. The van der Waals surface area contributed by atoms with Crippen LogP contribution in [0.3, 0.4) is 0 Å². The van der Waals surface area contributed by atoms with Crippen molar-refractivity contribution in [3.63, 3.8) is 0 Å². The molecule has 1 unspecified atom stereocenters. The molecule has 0 rings (SSSR count). The van der Waals surface area contributed by atoms with Crippen molar-refractivity contribution < 1.29 is 52.4 Å². The maximum Gasteiger partial charge on any atom is 1.00 e. The SMILES string of the molecule is CCCCCCCCCCCCCCCCC(C(=O)O)S(=O)(=O)O.[Na+]. The van der Waals surface area contributed by atoms with E-state index in [1.54, 1.807) is 0 Å². The molecule has 0 amide bonds. The van der Waals surface area contributed by atoms with Crippen LogP contribution in [0.15, 0.2) is 0 Å². The summed E-state index contributed by atoms with van der Waals surface area (Å²) in [6.45, 7) is 2.24. The molecule has 0 aromatic carbocycles. The summed E-state index contributed by atoms with van der Waals surface area (Å²) in [5.74, 6) is -1.47. The Labute approximate surface area is 176 Å². The van der Waals surface area contributed by atoms with Crippen LogP contribution in [0.1, 0.15) is 103 Å². The topological polar surface area (TPSA) is 91.7 Å². The van der Waals surface area contributed by atoms with E-state index < -0.39 is 21.3 Å². The molecule has 0 bridgehead atoms. The number of hydrogen-bond acceptors (Lipinski definition) is 3. The van der Waals surface area contributed by atoms with E-state index in [2.05, 4.69) is 6.92 Å². The second-order valence-electron chi connectivity index (χ2n) is 6.73. The minimum Gasteiger partial charge on any atom is -0.480 e. The van der Waals surface area contributed by atoms with Crippen LogP contribution in [0, 0.1) is 0 Å². The number of rotatable bonds is 17. The average molecular weight is 388 g/mol. The summed E-state index contributed by atoms with van der Waals surface area (Å²) < 4.78 is 30.7. The number of aliphatic carboxylic acids is 1. The molecule has 0 fully saturated rings. The van der Waals surface area contributed by atoms with Crippen LogP contribution < -0.4 is 29.6 Å². The fourth-order valence-electron chi connectivity index (χ4n) is 2.92. The van der Waals surface area contributed by atoms with Gasteiger partial charge in [0.25, 0.3) is 10.1 Å². The summed E-state index contributed by atoms with van der Waals surface area (Å²) in [6.07, 6.45) is 16.6. The Morgan fingerprint density at radius 2 is 1.08 bits per heavy atom. The molecule has 25 heavy (non-hydrogen) atoms. The molecule has 0 aliphatic carbocycles. The second kappa shape index (κ2) is 17.8. The van der Waals surface area contributed by atoms with Crippen LogP contribution in [0.2, 0.25) is 0 Å². The van der Waals surface area contributed by atoms with E-state index >= 15 is 0 Å². The molecule has 0 aliphatic rings. The van der Waals surface area contributed by atoms with Crippen LogP contribution in [-0.2, 0) is 14.9 Å². The molecule has 0 aliphatic heterocycles. The van der Waals surface area contributed by atoms with Crippen molar-refractivity contribution in [3.05, 3.63) is 0 Å². The number of hydrogen-bond donors (Lipinski definition) is 2. The first-order valence-electron chi connectivity index (χ1n) is 9.58. The summed E-state index contributed by atoms with van der Waals surface area (Å²) in [4.78, 5) is 10.8. The summed E-state index contributed by atoms with van der Waals surface area (Å²) in [5, 5.41) is 7.10. The predicted octanol–water partition coefficient (Wildman–Crippen LogP) is 2.20. The largest absolute Gasteiger partial charge is 1.00 e. The maximum atomic E-state index is 10.9. The molecule has 0 radical (unpaired) electrons. The minimum atomic E-state index is -4.48. The van der Waals surface area contributed by atoms with Crippen LogP contribution in [0.25, 0.3) is 0 Å². The van der Waals surface area contributed by atoms with E-state index in [-0.39, 0.29) is 36.0 Å². The zero-order valence-electron chi connectivity index (χ0n) is 16.2. The normalized spacial score (nSPS) is 12.6. The van der Waals surface area contributed by atoms with Gasteiger partial charge in [-0.15, -0.1) is 0 Å². The summed E-state index contributed by atoms with van der Waals surface area (Å²) in [6, 6.07) is 0. The number of carbonyl (C=O) groups is 1. The van der Waals surface area contributed by atoms with Gasteiger partial charge in [-0.25, -0.2) is 0 Å². The molecule has 0 aromatic rings. The van der Waals surface area contributed by atoms with Crippen molar-refractivity contribution in [1.82, 2.24) is 0 Å². The Kier molecular flexibility index (Phi) is 19.6. The first-order valence-corrected chi connectivity index (χ1v) is 11.1. The van der Waals surface area contributed by atoms with E-state index in [4.69, 9.17) is 9.66 Å². The van der Waals surface area contributed by atoms with E-state index in [0.717, 1.165) is 19.3 Å². The van der Waals surface area contributed by atoms with Gasteiger partial charge in [0, 0.05) is 0 Å². The van der Waals surface area contributed by atoms with Gasteiger partial charge in [-0.1, -0.05) is 96.8 Å². The van der Waals surface area contributed by atoms with Gasteiger partial charge < -0.3 is 5.11 Å². The Balaban J connectivity index is 0. The van der Waals surface area contributed by atoms with Crippen molar-refractivity contribution in [3.8, 4) is 0 Å². The van der Waals surface area contributed by atoms with Crippen molar-refractivity contribution in [2.75, 3.05) is 0 Å². The van der Waals surface area contributed by atoms with E-state index in [1.165, 1.54) is 64.2 Å². The molecule has 7 heteroatoms. The van der Waals surface area contributed by atoms with Gasteiger partial charge in [-0.05, 0) is 6.42 Å². The number of carboxylic acids is 1. The Morgan fingerprint density at radius 1 is 0.760 bits per heavy atom. The van der Waals surface area contributed by atoms with Crippen LogP contribution >= 0.6 is 0 Å². The van der Waals surface area contributed by atoms with Crippen molar-refractivity contribution >= 4 is 16.1 Å². The monoisotopic (exact) mass is 387 g/mol. The van der Waals surface area contributed by atoms with E-state index in [0.29, 0.717) is 6.42 Å². The fourth-order valence-corrected chi connectivity index (χ4v) is 3.64. The molecular formula is C18H36NaO5S+. The third-order valence-electron chi connectivity index (χ3n) is 4.45. The first kappa shape index (κ1) is 27.6. The van der Waals surface area contributed by atoms with E-state index in [1.807, 2.05) is 0 Å². The first-order chi connectivity index (χ1) is 11.4. The van der Waals surface area contributed by atoms with Crippen molar-refractivity contribution in [1.29, 1.82) is 0 Å². The van der Waals surface area contributed by atoms with Crippen molar-refractivity contribution in [2.24, 2.45) is 0 Å². The van der Waals surface area contributed by atoms with Gasteiger partial charge in [0.05, 0.1) is 0 Å². The molecule has 0 heterocycles. The third-order valence-corrected chi connectivity index (χ3v) is 5.61. The van der Waals surface area contributed by atoms with Gasteiger partial charge in [0.15, 0.2) is 5.25 Å². The summed E-state index contributed by atoms with van der Waals surface area (Å²) in [5.41, 5.74) is 0. The number of unbranched alkanes of at least 4 members (excludes halogenated alkanes) is 13. The fraction of sp³-hybridized carbons (Fsp3) is 0.944. The summed E-state index contributed by atoms with van der Waals surface area (Å²) in [7, 11) is -4.48. The molecular weight excluding hydrogens is 351 g/mol. The zero-order chi connectivity index (χ0) is 18.3. The molecule has 0 saturated carbocycles. The van der Waals surface area contributed by atoms with Gasteiger partial charge in [0.1, 0.15) is 0 Å². The molecule has 2 N–H and O–H groups in total. The maximum absolute atomic E-state index is 10.9. The van der Waals surface area contributed by atoms with Crippen molar-refractivity contribution in [2.45, 2.75) is 108 Å². The Bertz CT molecular complexity index is 412. The Morgan fingerprint density at radius 3 is 1.36 bits per heavy atom. The zero-order valence-corrected chi connectivity index (χ0v) is 19.0. The van der Waals surface area contributed by atoms with Gasteiger partial charge in [-0.2, -0.15) is 8.42 Å². The summed E-state index contributed by atoms with van der Waals surface area (Å²) >= 11 is 0. The van der Waals surface area contributed by atoms with Gasteiger partial charge >= 0.3 is 35.5 Å². The molecule has 0 aromatic heterocycles.